The lowest BCUT2D eigenvalue weighted by Crippen LogP contribution is -2.42. The highest BCUT2D eigenvalue weighted by atomic mass is 35.5. The Morgan fingerprint density at radius 3 is 2.48 bits per heavy atom. The van der Waals surface area contributed by atoms with Crippen molar-refractivity contribution >= 4 is 23.5 Å². The molecule has 0 heterocycles. The van der Waals surface area contributed by atoms with Crippen LogP contribution in [0.4, 0.5) is 4.79 Å². The van der Waals surface area contributed by atoms with Crippen molar-refractivity contribution in [3.05, 3.63) is 70.2 Å². The van der Waals surface area contributed by atoms with Gasteiger partial charge in [-0.1, -0.05) is 53.6 Å². The van der Waals surface area contributed by atoms with Gasteiger partial charge in [-0.3, -0.25) is 4.79 Å². The molecule has 3 N–H and O–H groups in total. The number of halogens is 1. The number of hydrogen-bond acceptors (Lipinski definition) is 2. The molecule has 132 valence electrons. The minimum Gasteiger partial charge on any atom is -0.348 e. The molecule has 2 aromatic carbocycles. The van der Waals surface area contributed by atoms with Gasteiger partial charge in [0.05, 0.1) is 12.6 Å². The maximum atomic E-state index is 11.9. The maximum absolute atomic E-state index is 11.9. The van der Waals surface area contributed by atoms with Gasteiger partial charge in [-0.05, 0) is 37.1 Å². The Kier molecular flexibility index (Phi) is 6.83. The van der Waals surface area contributed by atoms with Crippen LogP contribution in [0, 0.1) is 6.92 Å². The van der Waals surface area contributed by atoms with Crippen molar-refractivity contribution in [2.24, 2.45) is 0 Å². The SMILES string of the molecule is Cc1ccc(CNC(=O)NCC(=O)N[C@@H](C)c2cccc(Cl)c2)cc1. The molecule has 1 atom stereocenters. The van der Waals surface area contributed by atoms with Gasteiger partial charge in [0, 0.05) is 11.6 Å². The zero-order valence-corrected chi connectivity index (χ0v) is 15.1. The predicted molar refractivity (Wildman–Crippen MR) is 99.4 cm³/mol. The highest BCUT2D eigenvalue weighted by molar-refractivity contribution is 6.30. The largest absolute Gasteiger partial charge is 0.348 e. The lowest BCUT2D eigenvalue weighted by Gasteiger charge is -2.15. The second-order valence-electron chi connectivity index (χ2n) is 5.87. The molecular weight excluding hydrogens is 338 g/mol. The van der Waals surface area contributed by atoms with E-state index in [1.807, 2.05) is 50.2 Å². The molecule has 0 bridgehead atoms. The zero-order chi connectivity index (χ0) is 18.2. The minimum atomic E-state index is -0.383. The van der Waals surface area contributed by atoms with E-state index in [0.29, 0.717) is 11.6 Å². The van der Waals surface area contributed by atoms with Crippen molar-refractivity contribution in [3.63, 3.8) is 0 Å². The molecule has 0 unspecified atom stereocenters. The second-order valence-corrected chi connectivity index (χ2v) is 6.30. The van der Waals surface area contributed by atoms with Gasteiger partial charge < -0.3 is 16.0 Å². The van der Waals surface area contributed by atoms with Crippen LogP contribution < -0.4 is 16.0 Å². The molecule has 0 fully saturated rings. The summed E-state index contributed by atoms with van der Waals surface area (Å²) in [5.74, 6) is -0.266. The van der Waals surface area contributed by atoms with E-state index in [2.05, 4.69) is 16.0 Å². The van der Waals surface area contributed by atoms with Crippen molar-refractivity contribution in [2.45, 2.75) is 26.4 Å². The van der Waals surface area contributed by atoms with Crippen molar-refractivity contribution in [3.8, 4) is 0 Å². The molecule has 6 heteroatoms. The van der Waals surface area contributed by atoms with Crippen molar-refractivity contribution in [1.82, 2.24) is 16.0 Å². The highest BCUT2D eigenvalue weighted by Crippen LogP contribution is 2.17. The van der Waals surface area contributed by atoms with Crippen molar-refractivity contribution in [1.29, 1.82) is 0 Å². The van der Waals surface area contributed by atoms with Crippen molar-refractivity contribution < 1.29 is 9.59 Å². The second kappa shape index (κ2) is 9.08. The molecule has 2 aromatic rings. The van der Waals surface area contributed by atoms with Gasteiger partial charge in [0.25, 0.3) is 0 Å². The summed E-state index contributed by atoms with van der Waals surface area (Å²) in [5.41, 5.74) is 3.07. The summed E-state index contributed by atoms with van der Waals surface area (Å²) in [6.07, 6.45) is 0. The fourth-order valence-electron chi connectivity index (χ4n) is 2.26. The Morgan fingerprint density at radius 2 is 1.80 bits per heavy atom. The van der Waals surface area contributed by atoms with E-state index in [1.54, 1.807) is 12.1 Å². The highest BCUT2D eigenvalue weighted by Gasteiger charge is 2.11. The summed E-state index contributed by atoms with van der Waals surface area (Å²) in [4.78, 5) is 23.7. The van der Waals surface area contributed by atoms with E-state index in [1.165, 1.54) is 5.56 Å². The topological polar surface area (TPSA) is 70.2 Å². The molecule has 0 aliphatic heterocycles. The lowest BCUT2D eigenvalue weighted by atomic mass is 10.1. The monoisotopic (exact) mass is 359 g/mol. The average molecular weight is 360 g/mol. The summed E-state index contributed by atoms with van der Waals surface area (Å²) in [5, 5.41) is 8.70. The van der Waals surface area contributed by atoms with E-state index in [-0.39, 0.29) is 24.5 Å². The fraction of sp³-hybridized carbons (Fsp3) is 0.263. The fourth-order valence-corrected chi connectivity index (χ4v) is 2.46. The number of carbonyl (C=O) groups is 2. The average Bonchev–Trinajstić information content (AvgIpc) is 2.59. The number of amides is 3. The van der Waals surface area contributed by atoms with Crippen LogP contribution >= 0.6 is 11.6 Å². The molecule has 0 aliphatic rings. The molecule has 2 rings (SSSR count). The third-order valence-corrected chi connectivity index (χ3v) is 3.94. The quantitative estimate of drug-likeness (QED) is 0.740. The van der Waals surface area contributed by atoms with Crippen LogP contribution in [0.1, 0.15) is 29.7 Å². The molecule has 0 spiro atoms. The first-order chi connectivity index (χ1) is 11.9. The first kappa shape index (κ1) is 18.8. The van der Waals surface area contributed by atoms with Crippen molar-refractivity contribution in [2.75, 3.05) is 6.54 Å². The van der Waals surface area contributed by atoms with Gasteiger partial charge in [-0.25, -0.2) is 4.79 Å². The third kappa shape index (κ3) is 6.47. The number of aryl methyl sites for hydroxylation is 1. The van der Waals surface area contributed by atoms with Crippen LogP contribution in [0.3, 0.4) is 0 Å². The maximum Gasteiger partial charge on any atom is 0.315 e. The Hall–Kier alpha value is -2.53. The van der Waals surface area contributed by atoms with E-state index in [4.69, 9.17) is 11.6 Å². The Morgan fingerprint density at radius 1 is 1.08 bits per heavy atom. The number of benzene rings is 2. The summed E-state index contributed by atoms with van der Waals surface area (Å²) in [6, 6.07) is 14.6. The van der Waals surface area contributed by atoms with Crippen LogP contribution in [0.25, 0.3) is 0 Å². The molecular formula is C19H22ClN3O2. The number of urea groups is 1. The van der Waals surface area contributed by atoms with Crippen LogP contribution in [-0.2, 0) is 11.3 Å². The lowest BCUT2D eigenvalue weighted by molar-refractivity contribution is -0.120. The molecule has 25 heavy (non-hydrogen) atoms. The van der Waals surface area contributed by atoms with Gasteiger partial charge >= 0.3 is 6.03 Å². The Balaban J connectivity index is 1.71. The molecule has 0 saturated carbocycles. The predicted octanol–water partition coefficient (Wildman–Crippen LogP) is 3.33. The van der Waals surface area contributed by atoms with Crippen LogP contribution in [0.2, 0.25) is 5.02 Å². The van der Waals surface area contributed by atoms with Gasteiger partial charge in [-0.15, -0.1) is 0 Å². The smallest absolute Gasteiger partial charge is 0.315 e. The Bertz CT molecular complexity index is 732. The number of nitrogens with one attached hydrogen (secondary N) is 3. The normalized spacial score (nSPS) is 11.5. The van der Waals surface area contributed by atoms with E-state index < -0.39 is 0 Å². The molecule has 0 aliphatic carbocycles. The molecule has 0 radical (unpaired) electrons. The summed E-state index contributed by atoms with van der Waals surface area (Å²) in [6.45, 7) is 4.19. The molecule has 0 aromatic heterocycles. The summed E-state index contributed by atoms with van der Waals surface area (Å²) < 4.78 is 0. The van der Waals surface area contributed by atoms with Gasteiger partial charge in [0.1, 0.15) is 0 Å². The van der Waals surface area contributed by atoms with Gasteiger partial charge in [0.2, 0.25) is 5.91 Å². The van der Waals surface area contributed by atoms with Crippen LogP contribution in [0.5, 0.6) is 0 Å². The third-order valence-electron chi connectivity index (χ3n) is 3.71. The van der Waals surface area contributed by atoms with Crippen LogP contribution in [0.15, 0.2) is 48.5 Å². The van der Waals surface area contributed by atoms with E-state index in [9.17, 15) is 9.59 Å². The number of hydrogen-bond donors (Lipinski definition) is 3. The first-order valence-electron chi connectivity index (χ1n) is 8.06. The summed E-state index contributed by atoms with van der Waals surface area (Å²) in [7, 11) is 0. The molecule has 5 nitrogen and oxygen atoms in total. The van der Waals surface area contributed by atoms with E-state index >= 15 is 0 Å². The molecule has 3 amide bonds. The van der Waals surface area contributed by atoms with Gasteiger partial charge in [-0.2, -0.15) is 0 Å². The van der Waals surface area contributed by atoms with Gasteiger partial charge in [0.15, 0.2) is 0 Å². The minimum absolute atomic E-state index is 0.0926. The van der Waals surface area contributed by atoms with Crippen LogP contribution in [-0.4, -0.2) is 18.5 Å². The summed E-state index contributed by atoms with van der Waals surface area (Å²) >= 11 is 5.94. The number of rotatable bonds is 6. The Labute approximate surface area is 152 Å². The zero-order valence-electron chi connectivity index (χ0n) is 14.3. The molecule has 0 saturated heterocycles. The first-order valence-corrected chi connectivity index (χ1v) is 8.44. The van der Waals surface area contributed by atoms with E-state index in [0.717, 1.165) is 11.1 Å². The standard InChI is InChI=1S/C19H22ClN3O2/c1-13-6-8-15(9-7-13)11-21-19(25)22-12-18(24)23-14(2)16-4-3-5-17(20)10-16/h3-10,14H,11-12H2,1-2H3,(H,23,24)(H2,21,22,25)/t14-/m0/s1. The number of carbonyl (C=O) groups excluding carboxylic acids is 2.